The second-order valence-electron chi connectivity index (χ2n) is 6.76. The maximum Gasteiger partial charge on any atom is 0.0829 e. The number of nitrogens with zero attached hydrogens (tertiary/aromatic N) is 2. The molecule has 3 fully saturated rings. The summed E-state index contributed by atoms with van der Waals surface area (Å²) in [5.41, 5.74) is 0.428. The van der Waals surface area contributed by atoms with E-state index in [0.29, 0.717) is 11.6 Å². The second-order valence-corrected chi connectivity index (χ2v) is 6.76. The van der Waals surface area contributed by atoms with Gasteiger partial charge < -0.3 is 15.0 Å². The first-order valence-electron chi connectivity index (χ1n) is 8.03. The van der Waals surface area contributed by atoms with E-state index in [1.165, 1.54) is 51.7 Å². The third kappa shape index (κ3) is 3.48. The van der Waals surface area contributed by atoms with Crippen LogP contribution in [-0.4, -0.2) is 74.4 Å². The van der Waals surface area contributed by atoms with Gasteiger partial charge in [-0.1, -0.05) is 12.8 Å². The number of rotatable bonds is 2. The van der Waals surface area contributed by atoms with Crippen LogP contribution in [0.25, 0.3) is 0 Å². The van der Waals surface area contributed by atoms with Crippen molar-refractivity contribution >= 4 is 0 Å². The van der Waals surface area contributed by atoms with E-state index >= 15 is 0 Å². The van der Waals surface area contributed by atoms with Crippen LogP contribution in [0.15, 0.2) is 0 Å². The number of likely N-dealkylation sites (N-methyl/N-ethyl adjacent to an activating group) is 1. The molecular formula is C15H29N3O. The van der Waals surface area contributed by atoms with E-state index in [1.807, 2.05) is 0 Å². The van der Waals surface area contributed by atoms with Gasteiger partial charge >= 0.3 is 0 Å². The third-order valence-corrected chi connectivity index (χ3v) is 5.04. The molecule has 19 heavy (non-hydrogen) atoms. The lowest BCUT2D eigenvalue weighted by Gasteiger charge is -2.37. The number of hydrogen-bond acceptors (Lipinski definition) is 4. The van der Waals surface area contributed by atoms with Gasteiger partial charge in [0.25, 0.3) is 0 Å². The molecule has 0 aromatic rings. The Balaban J connectivity index is 1.56. The largest absolute Gasteiger partial charge is 0.374 e. The lowest BCUT2D eigenvalue weighted by molar-refractivity contribution is -0.0373. The Morgan fingerprint density at radius 3 is 2.84 bits per heavy atom. The van der Waals surface area contributed by atoms with Gasteiger partial charge in [0, 0.05) is 31.7 Å². The van der Waals surface area contributed by atoms with Crippen molar-refractivity contribution in [1.29, 1.82) is 0 Å². The van der Waals surface area contributed by atoms with Gasteiger partial charge in [0.15, 0.2) is 0 Å². The summed E-state index contributed by atoms with van der Waals surface area (Å²) in [6, 6.07) is 0. The maximum absolute atomic E-state index is 5.94. The Labute approximate surface area is 117 Å². The number of ether oxygens (including phenoxy) is 1. The van der Waals surface area contributed by atoms with Gasteiger partial charge in [0.05, 0.1) is 12.7 Å². The molecule has 0 aromatic heterocycles. The van der Waals surface area contributed by atoms with E-state index in [1.54, 1.807) is 0 Å². The smallest absolute Gasteiger partial charge is 0.0829 e. The van der Waals surface area contributed by atoms with Crippen LogP contribution in [-0.2, 0) is 4.74 Å². The van der Waals surface area contributed by atoms with Gasteiger partial charge in [-0.05, 0) is 39.4 Å². The first kappa shape index (κ1) is 13.8. The number of morpholine rings is 1. The summed E-state index contributed by atoms with van der Waals surface area (Å²) in [6.45, 7) is 7.86. The predicted molar refractivity (Wildman–Crippen MR) is 77.5 cm³/mol. The van der Waals surface area contributed by atoms with Crippen LogP contribution < -0.4 is 5.32 Å². The molecule has 0 radical (unpaired) electrons. The van der Waals surface area contributed by atoms with Crippen molar-refractivity contribution in [3.8, 4) is 0 Å². The zero-order chi connectivity index (χ0) is 13.1. The van der Waals surface area contributed by atoms with Gasteiger partial charge in [-0.25, -0.2) is 0 Å². The van der Waals surface area contributed by atoms with Gasteiger partial charge in [0.2, 0.25) is 0 Å². The summed E-state index contributed by atoms with van der Waals surface area (Å²) in [5.74, 6) is 0. The molecule has 0 bridgehead atoms. The molecule has 4 heteroatoms. The van der Waals surface area contributed by atoms with E-state index in [0.717, 1.165) is 26.2 Å². The Bertz CT molecular complexity index is 291. The average molecular weight is 267 g/mol. The summed E-state index contributed by atoms with van der Waals surface area (Å²) in [6.07, 6.45) is 7.25. The molecule has 2 heterocycles. The highest BCUT2D eigenvalue weighted by molar-refractivity contribution is 4.97. The first-order chi connectivity index (χ1) is 9.26. The summed E-state index contributed by atoms with van der Waals surface area (Å²) in [4.78, 5) is 5.06. The van der Waals surface area contributed by atoms with Crippen LogP contribution in [0.4, 0.5) is 0 Å². The molecule has 0 aromatic carbocycles. The summed E-state index contributed by atoms with van der Waals surface area (Å²) in [7, 11) is 2.21. The quantitative estimate of drug-likeness (QED) is 0.805. The van der Waals surface area contributed by atoms with E-state index in [4.69, 9.17) is 4.74 Å². The van der Waals surface area contributed by atoms with Crippen LogP contribution in [0.2, 0.25) is 0 Å². The lowest BCUT2D eigenvalue weighted by atomic mass is 9.97. The van der Waals surface area contributed by atoms with Crippen molar-refractivity contribution in [1.82, 2.24) is 15.1 Å². The maximum atomic E-state index is 5.94. The Morgan fingerprint density at radius 2 is 2.05 bits per heavy atom. The minimum Gasteiger partial charge on any atom is -0.374 e. The summed E-state index contributed by atoms with van der Waals surface area (Å²) in [5, 5.41) is 3.84. The highest BCUT2D eigenvalue weighted by Crippen LogP contribution is 2.31. The van der Waals surface area contributed by atoms with Gasteiger partial charge in [0.1, 0.15) is 0 Å². The van der Waals surface area contributed by atoms with Crippen LogP contribution >= 0.6 is 0 Å². The molecule has 1 spiro atoms. The van der Waals surface area contributed by atoms with Crippen molar-refractivity contribution < 1.29 is 4.74 Å². The minimum absolute atomic E-state index is 0.412. The number of nitrogens with one attached hydrogen (secondary N) is 1. The molecule has 3 rings (SSSR count). The van der Waals surface area contributed by atoms with Crippen molar-refractivity contribution in [2.75, 3.05) is 52.9 Å². The van der Waals surface area contributed by atoms with Crippen LogP contribution in [0, 0.1) is 0 Å². The van der Waals surface area contributed by atoms with Crippen molar-refractivity contribution in [3.05, 3.63) is 0 Å². The molecule has 1 aliphatic carbocycles. The van der Waals surface area contributed by atoms with Crippen molar-refractivity contribution in [3.63, 3.8) is 0 Å². The van der Waals surface area contributed by atoms with Crippen LogP contribution in [0.3, 0.4) is 0 Å². The number of hydrogen-bond donors (Lipinski definition) is 1. The lowest BCUT2D eigenvalue weighted by Crippen LogP contribution is -2.52. The zero-order valence-corrected chi connectivity index (χ0v) is 12.4. The molecular weight excluding hydrogens is 238 g/mol. The molecule has 1 unspecified atom stereocenters. The van der Waals surface area contributed by atoms with Crippen LogP contribution in [0.1, 0.15) is 32.1 Å². The third-order valence-electron chi connectivity index (χ3n) is 5.04. The van der Waals surface area contributed by atoms with E-state index in [-0.39, 0.29) is 0 Å². The Morgan fingerprint density at radius 1 is 1.21 bits per heavy atom. The monoisotopic (exact) mass is 267 g/mol. The molecule has 2 saturated heterocycles. The second kappa shape index (κ2) is 6.08. The fourth-order valence-corrected chi connectivity index (χ4v) is 4.03. The zero-order valence-electron chi connectivity index (χ0n) is 12.4. The fraction of sp³-hybridized carbons (Fsp3) is 1.00. The summed E-state index contributed by atoms with van der Waals surface area (Å²) >= 11 is 0. The van der Waals surface area contributed by atoms with E-state index < -0.39 is 0 Å². The molecule has 1 atom stereocenters. The van der Waals surface area contributed by atoms with Gasteiger partial charge in [-0.2, -0.15) is 0 Å². The van der Waals surface area contributed by atoms with Crippen LogP contribution in [0.5, 0.6) is 0 Å². The Hall–Kier alpha value is -0.160. The summed E-state index contributed by atoms with van der Waals surface area (Å²) < 4.78 is 5.94. The Kier molecular flexibility index (Phi) is 4.42. The molecule has 110 valence electrons. The fourth-order valence-electron chi connectivity index (χ4n) is 4.03. The first-order valence-corrected chi connectivity index (χ1v) is 8.03. The SMILES string of the molecule is CN1CCOC(CN2CCCNC3(CCCC3)C2)C1. The molecule has 1 saturated carbocycles. The van der Waals surface area contributed by atoms with E-state index in [2.05, 4.69) is 22.2 Å². The van der Waals surface area contributed by atoms with Gasteiger partial charge in [-0.3, -0.25) is 4.90 Å². The van der Waals surface area contributed by atoms with Crippen molar-refractivity contribution in [2.45, 2.75) is 43.7 Å². The molecule has 2 aliphatic heterocycles. The highest BCUT2D eigenvalue weighted by Gasteiger charge is 2.37. The topological polar surface area (TPSA) is 27.7 Å². The van der Waals surface area contributed by atoms with Crippen molar-refractivity contribution in [2.24, 2.45) is 0 Å². The minimum atomic E-state index is 0.412. The molecule has 1 N–H and O–H groups in total. The van der Waals surface area contributed by atoms with Gasteiger partial charge in [-0.15, -0.1) is 0 Å². The molecule has 4 nitrogen and oxygen atoms in total. The van der Waals surface area contributed by atoms with E-state index in [9.17, 15) is 0 Å². The highest BCUT2D eigenvalue weighted by atomic mass is 16.5. The molecule has 3 aliphatic rings. The standard InChI is InChI=1S/C15H29N3O/c1-17-9-10-19-14(11-17)12-18-8-4-7-16-15(13-18)5-2-3-6-15/h14,16H,2-13H2,1H3. The normalized spacial score (nSPS) is 33.6. The molecule has 0 amide bonds. The predicted octanol–water partition coefficient (Wildman–Crippen LogP) is 0.925. The average Bonchev–Trinajstić information content (AvgIpc) is 2.73.